The number of aromatic amines is 1. The van der Waals surface area contributed by atoms with E-state index in [0.717, 1.165) is 39.0 Å². The average Bonchev–Trinajstić information content (AvgIpc) is 3.22. The van der Waals surface area contributed by atoms with Gasteiger partial charge in [0.1, 0.15) is 17.2 Å². The molecule has 0 saturated carbocycles. The van der Waals surface area contributed by atoms with Crippen LogP contribution in [0.3, 0.4) is 0 Å². The first-order valence-electron chi connectivity index (χ1n) is 10.5. The van der Waals surface area contributed by atoms with E-state index in [1.54, 1.807) is 19.2 Å². The second kappa shape index (κ2) is 7.96. The molecule has 2 heterocycles. The van der Waals surface area contributed by atoms with Gasteiger partial charge in [-0.1, -0.05) is 30.3 Å². The highest BCUT2D eigenvalue weighted by Crippen LogP contribution is 2.48. The molecule has 0 fully saturated rings. The molecule has 0 saturated heterocycles. The van der Waals surface area contributed by atoms with Gasteiger partial charge in [-0.3, -0.25) is 4.79 Å². The summed E-state index contributed by atoms with van der Waals surface area (Å²) in [6.07, 6.45) is 2.03. The molecule has 1 aromatic heterocycles. The Morgan fingerprint density at radius 1 is 1.12 bits per heavy atom. The Kier molecular flexibility index (Phi) is 4.98. The standard InChI is InChI=1S/C26H24N2O4/c1-15(29)28-17-8-6-16(7-9-17)25-20-11-10-18(30)12-24(20)32-14-22(25)21-13-27-26-19(21)4-3-5-23(26)31-2/h3-13,22,25,27,30H,14H2,1-2H3,(H,28,29). The normalized spacial score (nSPS) is 17.4. The summed E-state index contributed by atoms with van der Waals surface area (Å²) in [4.78, 5) is 14.8. The molecule has 1 aliphatic rings. The van der Waals surface area contributed by atoms with Crippen molar-refractivity contribution in [1.82, 2.24) is 4.98 Å². The van der Waals surface area contributed by atoms with Gasteiger partial charge in [-0.25, -0.2) is 0 Å². The third kappa shape index (κ3) is 3.43. The van der Waals surface area contributed by atoms with Crippen molar-refractivity contribution in [2.45, 2.75) is 18.8 Å². The van der Waals surface area contributed by atoms with E-state index in [-0.39, 0.29) is 23.5 Å². The van der Waals surface area contributed by atoms with Crippen LogP contribution in [0, 0.1) is 0 Å². The summed E-state index contributed by atoms with van der Waals surface area (Å²) in [6, 6.07) is 19.2. The molecule has 6 nitrogen and oxygen atoms in total. The monoisotopic (exact) mass is 428 g/mol. The predicted octanol–water partition coefficient (Wildman–Crippen LogP) is 5.15. The zero-order chi connectivity index (χ0) is 22.2. The molecule has 32 heavy (non-hydrogen) atoms. The minimum Gasteiger partial charge on any atom is -0.508 e. The fraction of sp³-hybridized carbons (Fsp3) is 0.192. The van der Waals surface area contributed by atoms with Crippen LogP contribution in [0.15, 0.2) is 66.9 Å². The van der Waals surface area contributed by atoms with Gasteiger partial charge in [-0.05, 0) is 35.4 Å². The number of aromatic nitrogens is 1. The number of hydrogen-bond acceptors (Lipinski definition) is 4. The summed E-state index contributed by atoms with van der Waals surface area (Å²) in [5, 5.41) is 13.9. The van der Waals surface area contributed by atoms with Crippen LogP contribution in [0.1, 0.15) is 35.4 Å². The molecule has 2 unspecified atom stereocenters. The van der Waals surface area contributed by atoms with Gasteiger partial charge in [0.25, 0.3) is 0 Å². The Morgan fingerprint density at radius 3 is 2.69 bits per heavy atom. The van der Waals surface area contributed by atoms with E-state index in [1.807, 2.05) is 48.7 Å². The van der Waals surface area contributed by atoms with Gasteiger partial charge in [0.05, 0.1) is 19.2 Å². The van der Waals surface area contributed by atoms with Gasteiger partial charge in [0.2, 0.25) is 5.91 Å². The van der Waals surface area contributed by atoms with Gasteiger partial charge >= 0.3 is 0 Å². The Balaban J connectivity index is 1.63. The largest absolute Gasteiger partial charge is 0.508 e. The molecule has 4 aromatic rings. The number of carbonyl (C=O) groups is 1. The number of nitrogens with one attached hydrogen (secondary N) is 2. The van der Waals surface area contributed by atoms with Crippen molar-refractivity contribution in [2.75, 3.05) is 19.0 Å². The number of methoxy groups -OCH3 is 1. The van der Waals surface area contributed by atoms with Crippen molar-refractivity contribution >= 4 is 22.5 Å². The number of carbonyl (C=O) groups excluding carboxylic acids is 1. The Morgan fingerprint density at radius 2 is 1.94 bits per heavy atom. The molecule has 162 valence electrons. The lowest BCUT2D eigenvalue weighted by Crippen LogP contribution is -2.25. The van der Waals surface area contributed by atoms with E-state index in [4.69, 9.17) is 9.47 Å². The van der Waals surface area contributed by atoms with E-state index in [1.165, 1.54) is 6.92 Å². The van der Waals surface area contributed by atoms with Gasteiger partial charge in [-0.15, -0.1) is 0 Å². The van der Waals surface area contributed by atoms with Crippen molar-refractivity contribution in [1.29, 1.82) is 0 Å². The lowest BCUT2D eigenvalue weighted by Gasteiger charge is -2.34. The first-order chi connectivity index (χ1) is 15.5. The maximum atomic E-state index is 11.4. The lowest BCUT2D eigenvalue weighted by molar-refractivity contribution is -0.114. The number of amides is 1. The number of phenolic OH excluding ortho intramolecular Hbond substituents is 1. The fourth-order valence-corrected chi connectivity index (χ4v) is 4.68. The smallest absolute Gasteiger partial charge is 0.221 e. The lowest BCUT2D eigenvalue weighted by atomic mass is 9.75. The highest BCUT2D eigenvalue weighted by Gasteiger charge is 2.35. The predicted molar refractivity (Wildman–Crippen MR) is 124 cm³/mol. The summed E-state index contributed by atoms with van der Waals surface area (Å²) in [6.45, 7) is 1.97. The van der Waals surface area contributed by atoms with Crippen LogP contribution >= 0.6 is 0 Å². The SMILES string of the molecule is COc1cccc2c(C3COc4cc(O)ccc4C3c3ccc(NC(C)=O)cc3)c[nH]c12. The van der Waals surface area contributed by atoms with E-state index >= 15 is 0 Å². The highest BCUT2D eigenvalue weighted by molar-refractivity contribution is 5.89. The number of aromatic hydroxyl groups is 1. The molecule has 6 heteroatoms. The molecule has 1 aliphatic heterocycles. The molecule has 1 amide bonds. The van der Waals surface area contributed by atoms with Crippen molar-refractivity contribution in [2.24, 2.45) is 0 Å². The van der Waals surface area contributed by atoms with Crippen molar-refractivity contribution in [3.8, 4) is 17.2 Å². The van der Waals surface area contributed by atoms with Crippen LogP contribution in [0.2, 0.25) is 0 Å². The number of H-pyrrole nitrogens is 1. The minimum atomic E-state index is -0.102. The maximum Gasteiger partial charge on any atom is 0.221 e. The Hall–Kier alpha value is -3.93. The molecule has 0 aliphatic carbocycles. The first-order valence-corrected chi connectivity index (χ1v) is 10.5. The van der Waals surface area contributed by atoms with Gasteiger partial charge < -0.3 is 24.9 Å². The van der Waals surface area contributed by atoms with E-state index in [9.17, 15) is 9.90 Å². The van der Waals surface area contributed by atoms with E-state index in [2.05, 4.69) is 16.4 Å². The summed E-state index contributed by atoms with van der Waals surface area (Å²) >= 11 is 0. The molecule has 0 spiro atoms. The summed E-state index contributed by atoms with van der Waals surface area (Å²) < 4.78 is 11.6. The number of phenols is 1. The average molecular weight is 428 g/mol. The second-order valence-corrected chi connectivity index (χ2v) is 8.05. The van der Waals surface area contributed by atoms with Crippen molar-refractivity contribution < 1.29 is 19.4 Å². The summed E-state index contributed by atoms with van der Waals surface area (Å²) in [5.41, 5.74) is 4.99. The Bertz CT molecular complexity index is 1290. The van der Waals surface area contributed by atoms with Crippen LogP contribution in [-0.4, -0.2) is 29.7 Å². The fourth-order valence-electron chi connectivity index (χ4n) is 4.68. The number of anilines is 1. The van der Waals surface area contributed by atoms with Crippen LogP contribution in [0.5, 0.6) is 17.2 Å². The summed E-state index contributed by atoms with van der Waals surface area (Å²) in [7, 11) is 1.67. The number of fused-ring (bicyclic) bond motifs is 2. The second-order valence-electron chi connectivity index (χ2n) is 8.05. The maximum absolute atomic E-state index is 11.4. The summed E-state index contributed by atoms with van der Waals surface area (Å²) in [5.74, 6) is 1.62. The molecule has 2 atom stereocenters. The van der Waals surface area contributed by atoms with Gasteiger partial charge in [-0.2, -0.15) is 0 Å². The number of benzene rings is 3. The van der Waals surface area contributed by atoms with E-state index < -0.39 is 0 Å². The highest BCUT2D eigenvalue weighted by atomic mass is 16.5. The number of hydrogen-bond donors (Lipinski definition) is 3. The third-order valence-electron chi connectivity index (χ3n) is 6.07. The number of ether oxygens (including phenoxy) is 2. The number of para-hydroxylation sites is 1. The van der Waals surface area contributed by atoms with Crippen LogP contribution in [0.25, 0.3) is 10.9 Å². The van der Waals surface area contributed by atoms with Crippen molar-refractivity contribution in [3.05, 3.63) is 83.6 Å². The molecular formula is C26H24N2O4. The van der Waals surface area contributed by atoms with Crippen LogP contribution in [0.4, 0.5) is 5.69 Å². The topological polar surface area (TPSA) is 83.6 Å². The van der Waals surface area contributed by atoms with Gasteiger partial charge in [0.15, 0.2) is 0 Å². The zero-order valence-electron chi connectivity index (χ0n) is 17.9. The van der Waals surface area contributed by atoms with Crippen molar-refractivity contribution in [3.63, 3.8) is 0 Å². The zero-order valence-corrected chi connectivity index (χ0v) is 17.9. The Labute approximate surface area is 185 Å². The molecule has 3 N–H and O–H groups in total. The van der Waals surface area contributed by atoms with Crippen LogP contribution in [-0.2, 0) is 4.79 Å². The first kappa shape index (κ1) is 20.0. The molecule has 5 rings (SSSR count). The van der Waals surface area contributed by atoms with Crippen LogP contribution < -0.4 is 14.8 Å². The molecular weight excluding hydrogens is 404 g/mol. The third-order valence-corrected chi connectivity index (χ3v) is 6.07. The van der Waals surface area contributed by atoms with E-state index in [0.29, 0.717) is 12.4 Å². The molecule has 3 aromatic carbocycles. The quantitative estimate of drug-likeness (QED) is 0.420. The number of rotatable bonds is 4. The minimum absolute atomic E-state index is 0.0101. The van der Waals surface area contributed by atoms with Gasteiger partial charge in [0, 0.05) is 47.7 Å². The molecule has 0 bridgehead atoms. The molecule has 0 radical (unpaired) electrons.